The molecular weight excluding hydrogens is 400 g/mol. The maximum atomic E-state index is 12.7. The van der Waals surface area contributed by atoms with Crippen LogP contribution < -0.4 is 9.04 Å². The van der Waals surface area contributed by atoms with Crippen molar-refractivity contribution in [3.05, 3.63) is 59.1 Å². The summed E-state index contributed by atoms with van der Waals surface area (Å²) in [6.07, 6.45) is 1.02. The number of benzene rings is 2. The topological polar surface area (TPSA) is 66.9 Å². The van der Waals surface area contributed by atoms with Crippen LogP contribution in [-0.2, 0) is 21.4 Å². The number of anilines is 1. The lowest BCUT2D eigenvalue weighted by Crippen LogP contribution is -2.39. The van der Waals surface area contributed by atoms with Crippen molar-refractivity contribution in [1.82, 2.24) is 4.90 Å². The molecule has 0 aliphatic heterocycles. The minimum atomic E-state index is -3.33. The number of hydrogen-bond acceptors (Lipinski definition) is 4. The third kappa shape index (κ3) is 5.87. The van der Waals surface area contributed by atoms with Gasteiger partial charge in [0.1, 0.15) is 5.75 Å². The number of sulfonamides is 1. The first kappa shape index (κ1) is 22.0. The second kappa shape index (κ2) is 9.30. The van der Waals surface area contributed by atoms with Gasteiger partial charge < -0.3 is 9.64 Å². The van der Waals surface area contributed by atoms with Gasteiger partial charge in [-0.1, -0.05) is 30.7 Å². The lowest BCUT2D eigenvalue weighted by atomic mass is 10.2. The Hall–Kier alpha value is -2.25. The summed E-state index contributed by atoms with van der Waals surface area (Å²) in [5, 5.41) is 0.650. The number of ether oxygens (including phenoxy) is 1. The highest BCUT2D eigenvalue weighted by molar-refractivity contribution is 7.92. The van der Waals surface area contributed by atoms with Gasteiger partial charge in [-0.15, -0.1) is 0 Å². The smallest absolute Gasteiger partial charge is 0.263 e. The second-order valence-electron chi connectivity index (χ2n) is 6.56. The maximum Gasteiger partial charge on any atom is 0.263 e. The Kier molecular flexibility index (Phi) is 7.32. The number of nitrogens with zero attached hydrogens (tertiary/aromatic N) is 2. The van der Waals surface area contributed by atoms with E-state index < -0.39 is 16.1 Å². The minimum Gasteiger partial charge on any atom is -0.481 e. The van der Waals surface area contributed by atoms with Crippen molar-refractivity contribution in [3.8, 4) is 5.75 Å². The lowest BCUT2D eigenvalue weighted by Gasteiger charge is -2.24. The van der Waals surface area contributed by atoms with Crippen LogP contribution in [0.15, 0.2) is 48.5 Å². The Bertz CT molecular complexity index is 899. The molecule has 0 heterocycles. The maximum absolute atomic E-state index is 12.7. The summed E-state index contributed by atoms with van der Waals surface area (Å²) in [6, 6.07) is 13.9. The van der Waals surface area contributed by atoms with E-state index in [0.717, 1.165) is 11.8 Å². The SMILES string of the molecule is CC[C@@H](Oc1ccc(N(C)S(C)(=O)=O)cc1)C(=O)N(C)Cc1ccc(Cl)cc1. The summed E-state index contributed by atoms with van der Waals surface area (Å²) >= 11 is 5.89. The Morgan fingerprint density at radius 3 is 2.14 bits per heavy atom. The molecular formula is C20H25ClN2O4S. The fourth-order valence-electron chi connectivity index (χ4n) is 2.59. The number of halogens is 1. The first-order chi connectivity index (χ1) is 13.1. The Labute approximate surface area is 171 Å². The zero-order valence-corrected chi connectivity index (χ0v) is 18.0. The van der Waals surface area contributed by atoms with Crippen LogP contribution in [0.25, 0.3) is 0 Å². The van der Waals surface area contributed by atoms with Crippen molar-refractivity contribution in [2.45, 2.75) is 26.0 Å². The molecule has 2 rings (SSSR count). The summed E-state index contributed by atoms with van der Waals surface area (Å²) in [5.41, 5.74) is 1.50. The first-order valence-corrected chi connectivity index (χ1v) is 11.0. The van der Waals surface area contributed by atoms with Gasteiger partial charge >= 0.3 is 0 Å². The molecule has 1 atom stereocenters. The van der Waals surface area contributed by atoms with Gasteiger partial charge in [-0.25, -0.2) is 8.42 Å². The van der Waals surface area contributed by atoms with Crippen molar-refractivity contribution in [2.24, 2.45) is 0 Å². The van der Waals surface area contributed by atoms with E-state index in [1.54, 1.807) is 48.3 Å². The zero-order valence-electron chi connectivity index (χ0n) is 16.4. The standard InChI is InChI=1S/C20H25ClN2O4S/c1-5-19(20(24)22(2)14-15-6-8-16(21)9-7-15)27-18-12-10-17(11-13-18)23(3)28(4,25)26/h6-13,19H,5,14H2,1-4H3/t19-/m1/s1. The van der Waals surface area contributed by atoms with Crippen LogP contribution in [0.3, 0.4) is 0 Å². The third-order valence-corrected chi connectivity index (χ3v) is 5.79. The highest BCUT2D eigenvalue weighted by Crippen LogP contribution is 2.22. The third-order valence-electron chi connectivity index (χ3n) is 4.33. The van der Waals surface area contributed by atoms with Crippen molar-refractivity contribution >= 4 is 33.2 Å². The van der Waals surface area contributed by atoms with E-state index >= 15 is 0 Å². The average molecular weight is 425 g/mol. The molecule has 0 aliphatic carbocycles. The van der Waals surface area contributed by atoms with E-state index in [4.69, 9.17) is 16.3 Å². The highest BCUT2D eigenvalue weighted by Gasteiger charge is 2.22. The fraction of sp³-hybridized carbons (Fsp3) is 0.350. The van der Waals surface area contributed by atoms with Gasteiger partial charge in [-0.05, 0) is 48.4 Å². The molecule has 0 saturated carbocycles. The molecule has 2 aromatic carbocycles. The van der Waals surface area contributed by atoms with Crippen molar-refractivity contribution in [1.29, 1.82) is 0 Å². The van der Waals surface area contributed by atoms with Gasteiger partial charge in [0, 0.05) is 25.7 Å². The summed E-state index contributed by atoms with van der Waals surface area (Å²) in [4.78, 5) is 14.4. The summed E-state index contributed by atoms with van der Waals surface area (Å²) in [5.74, 6) is 0.375. The zero-order chi connectivity index (χ0) is 20.9. The molecule has 6 nitrogen and oxygen atoms in total. The molecule has 0 aliphatic rings. The quantitative estimate of drug-likeness (QED) is 0.649. The summed E-state index contributed by atoms with van der Waals surface area (Å²) in [7, 11) is -0.119. The van der Waals surface area contributed by atoms with Gasteiger partial charge in [-0.2, -0.15) is 0 Å². The second-order valence-corrected chi connectivity index (χ2v) is 9.01. The average Bonchev–Trinajstić information content (AvgIpc) is 2.66. The van der Waals surface area contributed by atoms with Crippen molar-refractivity contribution in [2.75, 3.05) is 24.7 Å². The number of rotatable bonds is 8. The first-order valence-electron chi connectivity index (χ1n) is 8.82. The van der Waals surface area contributed by atoms with E-state index in [1.807, 2.05) is 19.1 Å². The monoisotopic (exact) mass is 424 g/mol. The Morgan fingerprint density at radius 2 is 1.64 bits per heavy atom. The molecule has 0 bridgehead atoms. The normalized spacial score (nSPS) is 12.3. The number of likely N-dealkylation sites (N-methyl/N-ethyl adjacent to an activating group) is 1. The summed E-state index contributed by atoms with van der Waals surface area (Å²) < 4.78 is 30.2. The molecule has 2 aromatic rings. The van der Waals surface area contributed by atoms with Crippen LogP contribution in [0.4, 0.5) is 5.69 Å². The van der Waals surface area contributed by atoms with E-state index in [9.17, 15) is 13.2 Å². The highest BCUT2D eigenvalue weighted by atomic mass is 35.5. The lowest BCUT2D eigenvalue weighted by molar-refractivity contribution is -0.138. The molecule has 0 unspecified atom stereocenters. The van der Waals surface area contributed by atoms with Crippen LogP contribution >= 0.6 is 11.6 Å². The van der Waals surface area contributed by atoms with Crippen LogP contribution in [0.5, 0.6) is 5.75 Å². The number of hydrogen-bond donors (Lipinski definition) is 0. The molecule has 0 fully saturated rings. The number of carbonyl (C=O) groups excluding carboxylic acids is 1. The van der Waals surface area contributed by atoms with Crippen LogP contribution in [0, 0.1) is 0 Å². The molecule has 8 heteroatoms. The van der Waals surface area contributed by atoms with Crippen LogP contribution in [0.2, 0.25) is 5.02 Å². The van der Waals surface area contributed by atoms with E-state index in [0.29, 0.717) is 29.4 Å². The molecule has 0 spiro atoms. The Balaban J connectivity index is 2.04. The molecule has 1 amide bonds. The number of amides is 1. The van der Waals surface area contributed by atoms with Crippen LogP contribution in [-0.4, -0.2) is 45.7 Å². The van der Waals surface area contributed by atoms with E-state index in [-0.39, 0.29) is 5.91 Å². The summed E-state index contributed by atoms with van der Waals surface area (Å²) in [6.45, 7) is 2.33. The van der Waals surface area contributed by atoms with Gasteiger partial charge in [-0.3, -0.25) is 9.10 Å². The molecule has 28 heavy (non-hydrogen) atoms. The van der Waals surface area contributed by atoms with Gasteiger partial charge in [0.2, 0.25) is 10.0 Å². The number of carbonyl (C=O) groups is 1. The van der Waals surface area contributed by atoms with E-state index in [1.165, 1.54) is 11.4 Å². The molecule has 0 saturated heterocycles. The van der Waals surface area contributed by atoms with Crippen molar-refractivity contribution < 1.29 is 17.9 Å². The fourth-order valence-corrected chi connectivity index (χ4v) is 3.22. The predicted octanol–water partition coefficient (Wildman–Crippen LogP) is 3.55. The van der Waals surface area contributed by atoms with Gasteiger partial charge in [0.25, 0.3) is 5.91 Å². The van der Waals surface area contributed by atoms with Gasteiger partial charge in [0.05, 0.1) is 11.9 Å². The van der Waals surface area contributed by atoms with Gasteiger partial charge in [0.15, 0.2) is 6.10 Å². The predicted molar refractivity (Wildman–Crippen MR) is 112 cm³/mol. The van der Waals surface area contributed by atoms with E-state index in [2.05, 4.69) is 0 Å². The minimum absolute atomic E-state index is 0.130. The molecule has 152 valence electrons. The molecule has 0 N–H and O–H groups in total. The van der Waals surface area contributed by atoms with Crippen molar-refractivity contribution in [3.63, 3.8) is 0 Å². The largest absolute Gasteiger partial charge is 0.481 e. The molecule has 0 radical (unpaired) electrons. The Morgan fingerprint density at radius 1 is 1.07 bits per heavy atom. The molecule has 0 aromatic heterocycles. The van der Waals surface area contributed by atoms with Crippen LogP contribution in [0.1, 0.15) is 18.9 Å².